The first-order chi connectivity index (χ1) is 14.9. The second-order valence-electron chi connectivity index (χ2n) is 8.09. The van der Waals surface area contributed by atoms with Crippen molar-refractivity contribution in [2.24, 2.45) is 0 Å². The van der Waals surface area contributed by atoms with Gasteiger partial charge >= 0.3 is 0 Å². The van der Waals surface area contributed by atoms with E-state index >= 15 is 0 Å². The molecule has 0 aliphatic heterocycles. The highest BCUT2D eigenvalue weighted by Gasteiger charge is 2.20. The van der Waals surface area contributed by atoms with E-state index in [2.05, 4.69) is 15.0 Å². The first kappa shape index (κ1) is 21.8. The van der Waals surface area contributed by atoms with Crippen LogP contribution in [0.2, 0.25) is 0 Å². The summed E-state index contributed by atoms with van der Waals surface area (Å²) >= 11 is 1.60. The van der Waals surface area contributed by atoms with Crippen LogP contribution in [-0.2, 0) is 10.0 Å². The topological polar surface area (TPSA) is 84.0 Å². The lowest BCUT2D eigenvalue weighted by Crippen LogP contribution is -2.17. The van der Waals surface area contributed by atoms with Gasteiger partial charge in [0.05, 0.1) is 21.2 Å². The molecule has 0 radical (unpaired) electrons. The van der Waals surface area contributed by atoms with E-state index in [0.717, 1.165) is 21.3 Å². The molecule has 1 aliphatic rings. The standard InChI is InChI=1S/C23H28N4O2S2/c1-16-9-10-18(15-21(16)31(28,29)27-20-11-13-24-14-12-20)22-17(2)25-23(30-22)26-19-7-5-3-4-6-8-19/h9-15,19H,3-8H2,1-2H3,(H,24,27)(H,25,26). The van der Waals surface area contributed by atoms with Gasteiger partial charge in [-0.05, 0) is 56.0 Å². The highest BCUT2D eigenvalue weighted by atomic mass is 32.2. The van der Waals surface area contributed by atoms with Gasteiger partial charge in [-0.25, -0.2) is 13.4 Å². The predicted molar refractivity (Wildman–Crippen MR) is 127 cm³/mol. The maximum atomic E-state index is 13.0. The Morgan fingerprint density at radius 3 is 2.42 bits per heavy atom. The van der Waals surface area contributed by atoms with Crippen molar-refractivity contribution in [3.63, 3.8) is 0 Å². The van der Waals surface area contributed by atoms with Crippen LogP contribution in [0.1, 0.15) is 49.8 Å². The monoisotopic (exact) mass is 456 g/mol. The molecule has 3 aromatic rings. The summed E-state index contributed by atoms with van der Waals surface area (Å²) < 4.78 is 28.7. The first-order valence-corrected chi connectivity index (χ1v) is 13.0. The van der Waals surface area contributed by atoms with Crippen LogP contribution in [-0.4, -0.2) is 24.4 Å². The molecule has 2 N–H and O–H groups in total. The van der Waals surface area contributed by atoms with Gasteiger partial charge in [0, 0.05) is 18.4 Å². The summed E-state index contributed by atoms with van der Waals surface area (Å²) in [5.41, 5.74) is 2.97. The normalized spacial score (nSPS) is 15.4. The molecule has 0 atom stereocenters. The molecule has 6 nitrogen and oxygen atoms in total. The maximum Gasteiger partial charge on any atom is 0.262 e. The smallest absolute Gasteiger partial charge is 0.262 e. The summed E-state index contributed by atoms with van der Waals surface area (Å²) in [7, 11) is -3.72. The Morgan fingerprint density at radius 1 is 1.00 bits per heavy atom. The van der Waals surface area contributed by atoms with Crippen LogP contribution in [0, 0.1) is 13.8 Å². The highest BCUT2D eigenvalue weighted by molar-refractivity contribution is 7.92. The summed E-state index contributed by atoms with van der Waals surface area (Å²) in [6, 6.07) is 9.31. The summed E-state index contributed by atoms with van der Waals surface area (Å²) in [5, 5.41) is 4.53. The van der Waals surface area contributed by atoms with Gasteiger partial charge in [-0.2, -0.15) is 0 Å². The molecule has 0 unspecified atom stereocenters. The van der Waals surface area contributed by atoms with Crippen molar-refractivity contribution in [3.05, 3.63) is 54.0 Å². The third-order valence-electron chi connectivity index (χ3n) is 5.65. The SMILES string of the molecule is Cc1ccc(-c2sc(NC3CCCCCC3)nc2C)cc1S(=O)(=O)Nc1ccncc1. The lowest BCUT2D eigenvalue weighted by molar-refractivity contribution is 0.600. The average molecular weight is 457 g/mol. The molecule has 1 fully saturated rings. The Labute approximate surface area is 188 Å². The summed E-state index contributed by atoms with van der Waals surface area (Å²) in [6.45, 7) is 3.79. The van der Waals surface area contributed by atoms with E-state index in [9.17, 15) is 8.42 Å². The summed E-state index contributed by atoms with van der Waals surface area (Å²) in [4.78, 5) is 9.93. The lowest BCUT2D eigenvalue weighted by Gasteiger charge is -2.14. The number of anilines is 2. The number of hydrogen-bond donors (Lipinski definition) is 2. The third-order valence-corrected chi connectivity index (χ3v) is 8.31. The molecule has 164 valence electrons. The number of nitrogens with one attached hydrogen (secondary N) is 2. The Balaban J connectivity index is 1.60. The molecule has 31 heavy (non-hydrogen) atoms. The Morgan fingerprint density at radius 2 is 1.71 bits per heavy atom. The van der Waals surface area contributed by atoms with Gasteiger partial charge in [-0.1, -0.05) is 49.2 Å². The molecule has 0 bridgehead atoms. The molecule has 2 heterocycles. The van der Waals surface area contributed by atoms with Gasteiger partial charge in [0.15, 0.2) is 5.13 Å². The molecule has 4 rings (SSSR count). The number of hydrogen-bond acceptors (Lipinski definition) is 6. The van der Waals surface area contributed by atoms with Crippen LogP contribution in [0.25, 0.3) is 10.4 Å². The zero-order chi connectivity index (χ0) is 21.8. The fourth-order valence-electron chi connectivity index (χ4n) is 3.99. The fraction of sp³-hybridized carbons (Fsp3) is 0.391. The highest BCUT2D eigenvalue weighted by Crippen LogP contribution is 2.36. The molecule has 1 aliphatic carbocycles. The van der Waals surface area contributed by atoms with Gasteiger partial charge < -0.3 is 5.32 Å². The molecule has 2 aromatic heterocycles. The number of nitrogens with zero attached hydrogens (tertiary/aromatic N) is 2. The number of benzene rings is 1. The minimum absolute atomic E-state index is 0.271. The van der Waals surface area contributed by atoms with Crippen molar-refractivity contribution in [2.75, 3.05) is 10.0 Å². The Bertz CT molecular complexity index is 1140. The Kier molecular flexibility index (Phi) is 6.57. The predicted octanol–water partition coefficient (Wildman–Crippen LogP) is 5.76. The van der Waals surface area contributed by atoms with Gasteiger partial charge in [0.25, 0.3) is 10.0 Å². The third kappa shape index (κ3) is 5.25. The van der Waals surface area contributed by atoms with Crippen molar-refractivity contribution >= 4 is 32.2 Å². The molecule has 1 aromatic carbocycles. The van der Waals surface area contributed by atoms with E-state index in [-0.39, 0.29) is 4.90 Å². The van der Waals surface area contributed by atoms with E-state index in [1.807, 2.05) is 26.0 Å². The number of aromatic nitrogens is 2. The van der Waals surface area contributed by atoms with Crippen LogP contribution >= 0.6 is 11.3 Å². The average Bonchev–Trinajstić information content (AvgIpc) is 2.93. The second-order valence-corrected chi connectivity index (χ2v) is 10.7. The van der Waals surface area contributed by atoms with Crippen LogP contribution < -0.4 is 10.0 Å². The van der Waals surface area contributed by atoms with Gasteiger partial charge in [-0.15, -0.1) is 0 Å². The van der Waals surface area contributed by atoms with Crippen molar-refractivity contribution in [1.29, 1.82) is 0 Å². The van der Waals surface area contributed by atoms with Crippen LogP contribution in [0.15, 0.2) is 47.6 Å². The molecule has 0 amide bonds. The van der Waals surface area contributed by atoms with E-state index in [1.165, 1.54) is 38.5 Å². The van der Waals surface area contributed by atoms with E-state index < -0.39 is 10.0 Å². The van der Waals surface area contributed by atoms with Crippen molar-refractivity contribution in [3.8, 4) is 10.4 Å². The number of aryl methyl sites for hydroxylation is 2. The van der Waals surface area contributed by atoms with Gasteiger partial charge in [-0.3, -0.25) is 9.71 Å². The quantitative estimate of drug-likeness (QED) is 0.461. The Hall–Kier alpha value is -2.45. The lowest BCUT2D eigenvalue weighted by atomic mass is 10.1. The van der Waals surface area contributed by atoms with E-state index in [1.54, 1.807) is 41.9 Å². The second kappa shape index (κ2) is 9.36. The molecule has 0 saturated heterocycles. The van der Waals surface area contributed by atoms with Crippen LogP contribution in [0.3, 0.4) is 0 Å². The zero-order valence-electron chi connectivity index (χ0n) is 17.9. The number of rotatable bonds is 6. The van der Waals surface area contributed by atoms with E-state index in [4.69, 9.17) is 4.98 Å². The number of pyridine rings is 1. The summed E-state index contributed by atoms with van der Waals surface area (Å²) in [6.07, 6.45) is 10.6. The minimum Gasteiger partial charge on any atom is -0.359 e. The van der Waals surface area contributed by atoms with Crippen molar-refractivity contribution in [1.82, 2.24) is 9.97 Å². The maximum absolute atomic E-state index is 13.0. The minimum atomic E-state index is -3.72. The molecule has 8 heteroatoms. The fourth-order valence-corrected chi connectivity index (χ4v) is 6.36. The van der Waals surface area contributed by atoms with Gasteiger partial charge in [0.2, 0.25) is 0 Å². The van der Waals surface area contributed by atoms with Crippen molar-refractivity contribution < 1.29 is 8.42 Å². The molecular formula is C23H28N4O2S2. The molecular weight excluding hydrogens is 428 g/mol. The molecule has 1 saturated carbocycles. The zero-order valence-corrected chi connectivity index (χ0v) is 19.5. The van der Waals surface area contributed by atoms with Gasteiger partial charge in [0.1, 0.15) is 0 Å². The molecule has 0 spiro atoms. The number of sulfonamides is 1. The number of thiazole rings is 1. The van der Waals surface area contributed by atoms with Crippen molar-refractivity contribution in [2.45, 2.75) is 63.3 Å². The van der Waals surface area contributed by atoms with Crippen LogP contribution in [0.5, 0.6) is 0 Å². The largest absolute Gasteiger partial charge is 0.359 e. The van der Waals surface area contributed by atoms with Crippen LogP contribution in [0.4, 0.5) is 10.8 Å². The summed E-state index contributed by atoms with van der Waals surface area (Å²) in [5.74, 6) is 0. The first-order valence-electron chi connectivity index (χ1n) is 10.7. The van der Waals surface area contributed by atoms with E-state index in [0.29, 0.717) is 17.3 Å².